The average Bonchev–Trinajstić information content (AvgIpc) is 2.41. The van der Waals surface area contributed by atoms with Crippen LogP contribution in [0.5, 0.6) is 5.75 Å². The Hall–Kier alpha value is -1.13. The molecule has 1 fully saturated rings. The van der Waals surface area contributed by atoms with Crippen LogP contribution in [-0.2, 0) is 5.41 Å². The van der Waals surface area contributed by atoms with Gasteiger partial charge >= 0.3 is 0 Å². The van der Waals surface area contributed by atoms with Crippen LogP contribution in [0, 0.1) is 5.82 Å². The van der Waals surface area contributed by atoms with Crippen LogP contribution in [0.2, 0.25) is 0 Å². The van der Waals surface area contributed by atoms with E-state index in [1.807, 2.05) is 26.8 Å². The molecule has 0 spiro atoms. The maximum absolute atomic E-state index is 13.8. The summed E-state index contributed by atoms with van der Waals surface area (Å²) in [5, 5.41) is 0. The van der Waals surface area contributed by atoms with E-state index in [9.17, 15) is 4.39 Å². The minimum Gasteiger partial charge on any atom is -0.492 e. The highest BCUT2D eigenvalue weighted by atomic mass is 19.1. The highest BCUT2D eigenvalue weighted by molar-refractivity contribution is 5.34. The van der Waals surface area contributed by atoms with Gasteiger partial charge in [0, 0.05) is 32.7 Å². The molecule has 0 aromatic heterocycles. The van der Waals surface area contributed by atoms with Gasteiger partial charge in [-0.3, -0.25) is 4.90 Å². The quantitative estimate of drug-likeness (QED) is 0.849. The van der Waals surface area contributed by atoms with Crippen molar-refractivity contribution in [3.63, 3.8) is 0 Å². The highest BCUT2D eigenvalue weighted by Gasteiger charge is 2.19. The normalized spacial score (nSPS) is 18.0. The van der Waals surface area contributed by atoms with Crippen molar-refractivity contribution < 1.29 is 9.13 Å². The number of hydrogen-bond donors (Lipinski definition) is 0. The molecule has 0 atom stereocenters. The molecule has 0 radical (unpaired) electrons. The van der Waals surface area contributed by atoms with E-state index in [1.165, 1.54) is 6.07 Å². The van der Waals surface area contributed by atoms with Crippen LogP contribution in [0.4, 0.5) is 4.39 Å². The van der Waals surface area contributed by atoms with E-state index in [4.69, 9.17) is 4.74 Å². The van der Waals surface area contributed by atoms with Gasteiger partial charge in [-0.15, -0.1) is 0 Å². The molecule has 3 nitrogen and oxygen atoms in total. The summed E-state index contributed by atoms with van der Waals surface area (Å²) in [6, 6.07) is 5.06. The molecule has 2 rings (SSSR count). The van der Waals surface area contributed by atoms with Crippen molar-refractivity contribution in [3.05, 3.63) is 29.6 Å². The lowest BCUT2D eigenvalue weighted by molar-refractivity contribution is 0.133. The lowest BCUT2D eigenvalue weighted by Crippen LogP contribution is -2.45. The summed E-state index contributed by atoms with van der Waals surface area (Å²) in [5.41, 5.74) is 0.501. The Balaban J connectivity index is 1.86. The van der Waals surface area contributed by atoms with Crippen LogP contribution >= 0.6 is 0 Å². The number of halogens is 1. The number of benzene rings is 1. The van der Waals surface area contributed by atoms with E-state index >= 15 is 0 Å². The van der Waals surface area contributed by atoms with Crippen molar-refractivity contribution in [2.75, 3.05) is 46.4 Å². The number of likely N-dealkylation sites (N-methyl/N-ethyl adjacent to an activating group) is 1. The molecule has 118 valence electrons. The third kappa shape index (κ3) is 4.68. The van der Waals surface area contributed by atoms with Crippen LogP contribution in [0.3, 0.4) is 0 Å². The lowest BCUT2D eigenvalue weighted by atomic mass is 9.86. The largest absolute Gasteiger partial charge is 0.492 e. The number of nitrogens with zero attached hydrogens (tertiary/aromatic N) is 2. The maximum atomic E-state index is 13.8. The second-order valence-corrected chi connectivity index (χ2v) is 6.89. The SMILES string of the molecule is CN1CCN(CCOc2ccc(F)c(C(C)(C)C)c2)CC1. The first-order chi connectivity index (χ1) is 9.86. The van der Waals surface area contributed by atoms with E-state index in [0.29, 0.717) is 12.2 Å². The summed E-state index contributed by atoms with van der Waals surface area (Å²) in [6.07, 6.45) is 0. The zero-order chi connectivity index (χ0) is 15.5. The van der Waals surface area contributed by atoms with E-state index in [-0.39, 0.29) is 11.2 Å². The second-order valence-electron chi connectivity index (χ2n) is 6.89. The van der Waals surface area contributed by atoms with Crippen LogP contribution < -0.4 is 4.74 Å². The van der Waals surface area contributed by atoms with Crippen molar-refractivity contribution in [1.29, 1.82) is 0 Å². The van der Waals surface area contributed by atoms with Gasteiger partial charge in [-0.1, -0.05) is 20.8 Å². The smallest absolute Gasteiger partial charge is 0.127 e. The van der Waals surface area contributed by atoms with Crippen molar-refractivity contribution in [2.45, 2.75) is 26.2 Å². The van der Waals surface area contributed by atoms with Gasteiger partial charge in [-0.25, -0.2) is 4.39 Å². The van der Waals surface area contributed by atoms with Gasteiger partial charge in [0.1, 0.15) is 18.2 Å². The van der Waals surface area contributed by atoms with Gasteiger partial charge in [-0.05, 0) is 36.2 Å². The summed E-state index contributed by atoms with van der Waals surface area (Å²) in [6.45, 7) is 12.0. The van der Waals surface area contributed by atoms with E-state index < -0.39 is 0 Å². The maximum Gasteiger partial charge on any atom is 0.127 e. The minimum atomic E-state index is -0.207. The Kier molecular flexibility index (Phi) is 5.22. The molecule has 0 saturated carbocycles. The van der Waals surface area contributed by atoms with E-state index in [1.54, 1.807) is 6.07 Å². The van der Waals surface area contributed by atoms with Crippen molar-refractivity contribution in [1.82, 2.24) is 9.80 Å². The molecular formula is C17H27FN2O. The first-order valence-corrected chi connectivity index (χ1v) is 7.70. The minimum absolute atomic E-state index is 0.158. The molecule has 0 bridgehead atoms. The molecule has 1 aliphatic heterocycles. The summed E-state index contributed by atoms with van der Waals surface area (Å²) in [7, 11) is 2.15. The van der Waals surface area contributed by atoms with Gasteiger partial charge in [0.05, 0.1) is 0 Å². The first kappa shape index (κ1) is 16.2. The van der Waals surface area contributed by atoms with Gasteiger partial charge in [-0.2, -0.15) is 0 Å². The summed E-state index contributed by atoms with van der Waals surface area (Å²) in [4.78, 5) is 4.75. The average molecular weight is 294 g/mol. The van der Waals surface area contributed by atoms with Gasteiger partial charge in [0.25, 0.3) is 0 Å². The third-order valence-electron chi connectivity index (χ3n) is 4.02. The topological polar surface area (TPSA) is 15.7 Å². The van der Waals surface area contributed by atoms with Crippen molar-refractivity contribution >= 4 is 0 Å². The summed E-state index contributed by atoms with van der Waals surface area (Å²) < 4.78 is 19.7. The standard InChI is InChI=1S/C17H27FN2O/c1-17(2,3)15-13-14(5-6-16(15)18)21-12-11-20-9-7-19(4)8-10-20/h5-6,13H,7-12H2,1-4H3. The van der Waals surface area contributed by atoms with Crippen molar-refractivity contribution in [3.8, 4) is 5.75 Å². The molecule has 1 heterocycles. The number of ether oxygens (including phenoxy) is 1. The first-order valence-electron chi connectivity index (χ1n) is 7.70. The Labute approximate surface area is 127 Å². The molecule has 4 heteroatoms. The Morgan fingerprint density at radius 1 is 1.14 bits per heavy atom. The molecule has 0 aliphatic carbocycles. The molecule has 1 aromatic carbocycles. The van der Waals surface area contributed by atoms with Gasteiger partial charge in [0.15, 0.2) is 0 Å². The fraction of sp³-hybridized carbons (Fsp3) is 0.647. The number of hydrogen-bond acceptors (Lipinski definition) is 3. The monoisotopic (exact) mass is 294 g/mol. The summed E-state index contributed by atoms with van der Waals surface area (Å²) >= 11 is 0. The molecule has 0 N–H and O–H groups in total. The zero-order valence-corrected chi connectivity index (χ0v) is 13.7. The summed E-state index contributed by atoms with van der Waals surface area (Å²) in [5.74, 6) is 0.601. The molecule has 0 amide bonds. The third-order valence-corrected chi connectivity index (χ3v) is 4.02. The van der Waals surface area contributed by atoms with Crippen molar-refractivity contribution in [2.24, 2.45) is 0 Å². The number of piperazine rings is 1. The molecular weight excluding hydrogens is 267 g/mol. The van der Waals surface area contributed by atoms with Gasteiger partial charge < -0.3 is 9.64 Å². The molecule has 1 saturated heterocycles. The lowest BCUT2D eigenvalue weighted by Gasteiger charge is -2.32. The molecule has 1 aliphatic rings. The fourth-order valence-corrected chi connectivity index (χ4v) is 2.53. The fourth-order valence-electron chi connectivity index (χ4n) is 2.53. The predicted octanol–water partition coefficient (Wildman–Crippen LogP) is 2.75. The Bertz CT molecular complexity index is 462. The van der Waals surface area contributed by atoms with Crippen LogP contribution in [0.1, 0.15) is 26.3 Å². The van der Waals surface area contributed by atoms with Crippen LogP contribution in [0.25, 0.3) is 0 Å². The number of rotatable bonds is 4. The van der Waals surface area contributed by atoms with E-state index in [0.717, 1.165) is 38.5 Å². The Morgan fingerprint density at radius 3 is 2.43 bits per heavy atom. The molecule has 1 aromatic rings. The van der Waals surface area contributed by atoms with Gasteiger partial charge in [0.2, 0.25) is 0 Å². The second kappa shape index (κ2) is 6.75. The van der Waals surface area contributed by atoms with Crippen LogP contribution in [0.15, 0.2) is 18.2 Å². The zero-order valence-electron chi connectivity index (χ0n) is 13.7. The molecule has 21 heavy (non-hydrogen) atoms. The molecule has 0 unspecified atom stereocenters. The van der Waals surface area contributed by atoms with Crippen LogP contribution in [-0.4, -0.2) is 56.2 Å². The van der Waals surface area contributed by atoms with E-state index in [2.05, 4.69) is 16.8 Å². The predicted molar refractivity (Wildman–Crippen MR) is 84.5 cm³/mol. The highest BCUT2D eigenvalue weighted by Crippen LogP contribution is 2.28. The Morgan fingerprint density at radius 2 is 1.81 bits per heavy atom.